The van der Waals surface area contributed by atoms with Crippen LogP contribution in [0.2, 0.25) is 5.02 Å². The minimum Gasteiger partial charge on any atom is -0.484 e. The van der Waals surface area contributed by atoms with E-state index in [1.54, 1.807) is 41.3 Å². The summed E-state index contributed by atoms with van der Waals surface area (Å²) in [5.74, 6) is 1.00. The fourth-order valence-corrected chi connectivity index (χ4v) is 3.14. The lowest BCUT2D eigenvalue weighted by Crippen LogP contribution is -2.42. The zero-order valence-corrected chi connectivity index (χ0v) is 18.5. The SMILES string of the molecule is CC[C@H](C)N(CCc1nc(-c2cccc([N+](=O)[O-])c2)no1)C(=O)COc1ccc(Cl)cc1. The van der Waals surface area contributed by atoms with Gasteiger partial charge in [0.2, 0.25) is 11.7 Å². The zero-order valence-electron chi connectivity index (χ0n) is 17.7. The molecule has 9 nitrogen and oxygen atoms in total. The Morgan fingerprint density at radius 1 is 1.28 bits per heavy atom. The van der Waals surface area contributed by atoms with E-state index in [0.717, 1.165) is 6.42 Å². The molecular formula is C22H23ClN4O5. The summed E-state index contributed by atoms with van der Waals surface area (Å²) in [5, 5.41) is 15.5. The first kappa shape index (κ1) is 23.2. The Labute approximate surface area is 190 Å². The largest absolute Gasteiger partial charge is 0.484 e. The Morgan fingerprint density at radius 2 is 2.03 bits per heavy atom. The Morgan fingerprint density at radius 3 is 2.72 bits per heavy atom. The van der Waals surface area contributed by atoms with Gasteiger partial charge in [-0.1, -0.05) is 35.8 Å². The van der Waals surface area contributed by atoms with E-state index in [9.17, 15) is 14.9 Å². The third-order valence-corrected chi connectivity index (χ3v) is 5.22. The smallest absolute Gasteiger partial charge is 0.270 e. The number of carbonyl (C=O) groups excluding carboxylic acids is 1. The van der Waals surface area contributed by atoms with Gasteiger partial charge in [-0.25, -0.2) is 0 Å². The number of nitro groups is 1. The lowest BCUT2D eigenvalue weighted by molar-refractivity contribution is -0.384. The van der Waals surface area contributed by atoms with Gasteiger partial charge in [0.05, 0.1) is 4.92 Å². The molecule has 0 aliphatic heterocycles. The van der Waals surface area contributed by atoms with Gasteiger partial charge in [-0.15, -0.1) is 0 Å². The van der Waals surface area contributed by atoms with E-state index in [2.05, 4.69) is 10.1 Å². The first-order valence-electron chi connectivity index (χ1n) is 10.1. The Balaban J connectivity index is 1.63. The molecule has 1 heterocycles. The predicted octanol–water partition coefficient (Wildman–Crippen LogP) is 4.55. The van der Waals surface area contributed by atoms with Gasteiger partial charge in [-0.05, 0) is 37.6 Å². The second-order valence-corrected chi connectivity index (χ2v) is 7.59. The minimum atomic E-state index is -0.480. The molecule has 1 aromatic heterocycles. The Kier molecular flexibility index (Phi) is 7.77. The molecule has 3 aromatic rings. The van der Waals surface area contributed by atoms with Gasteiger partial charge in [0, 0.05) is 41.7 Å². The molecule has 0 spiro atoms. The maximum atomic E-state index is 12.8. The average molecular weight is 459 g/mol. The molecule has 0 radical (unpaired) electrons. The molecule has 0 bridgehead atoms. The first-order chi connectivity index (χ1) is 15.4. The van der Waals surface area contributed by atoms with E-state index in [-0.39, 0.29) is 30.1 Å². The number of non-ortho nitro benzene ring substituents is 1. The van der Waals surface area contributed by atoms with Gasteiger partial charge in [0.15, 0.2) is 6.61 Å². The van der Waals surface area contributed by atoms with E-state index < -0.39 is 4.92 Å². The van der Waals surface area contributed by atoms with Crippen LogP contribution in [0.1, 0.15) is 26.2 Å². The van der Waals surface area contributed by atoms with E-state index in [4.69, 9.17) is 20.9 Å². The fourth-order valence-electron chi connectivity index (χ4n) is 3.02. The molecule has 0 unspecified atom stereocenters. The molecule has 0 saturated heterocycles. The van der Waals surface area contributed by atoms with Crippen molar-refractivity contribution in [1.82, 2.24) is 15.0 Å². The highest BCUT2D eigenvalue weighted by Gasteiger charge is 2.21. The number of hydrogen-bond donors (Lipinski definition) is 0. The van der Waals surface area contributed by atoms with Crippen molar-refractivity contribution < 1.29 is 19.0 Å². The van der Waals surface area contributed by atoms with E-state index in [1.807, 2.05) is 13.8 Å². The molecule has 3 rings (SSSR count). The zero-order chi connectivity index (χ0) is 23.1. The number of nitro benzene ring substituents is 1. The van der Waals surface area contributed by atoms with Crippen LogP contribution in [0, 0.1) is 10.1 Å². The normalized spacial score (nSPS) is 11.7. The molecular weight excluding hydrogens is 436 g/mol. The molecule has 32 heavy (non-hydrogen) atoms. The highest BCUT2D eigenvalue weighted by atomic mass is 35.5. The van der Waals surface area contributed by atoms with Gasteiger partial charge >= 0.3 is 0 Å². The third kappa shape index (κ3) is 6.04. The van der Waals surface area contributed by atoms with Crippen molar-refractivity contribution >= 4 is 23.2 Å². The van der Waals surface area contributed by atoms with Crippen LogP contribution in [-0.2, 0) is 11.2 Å². The topological polar surface area (TPSA) is 112 Å². The predicted molar refractivity (Wildman–Crippen MR) is 119 cm³/mol. The molecule has 0 N–H and O–H groups in total. The molecule has 0 aliphatic rings. The quantitative estimate of drug-likeness (QED) is 0.323. The van der Waals surface area contributed by atoms with Gasteiger partial charge in [-0.2, -0.15) is 4.98 Å². The van der Waals surface area contributed by atoms with Crippen molar-refractivity contribution in [2.45, 2.75) is 32.7 Å². The molecule has 1 atom stereocenters. The number of halogens is 1. The lowest BCUT2D eigenvalue weighted by atomic mass is 10.2. The van der Waals surface area contributed by atoms with Gasteiger partial charge in [0.25, 0.3) is 11.6 Å². The van der Waals surface area contributed by atoms with E-state index in [1.165, 1.54) is 12.1 Å². The van der Waals surface area contributed by atoms with Gasteiger partial charge in [0.1, 0.15) is 5.75 Å². The maximum Gasteiger partial charge on any atom is 0.270 e. The second-order valence-electron chi connectivity index (χ2n) is 7.16. The van der Waals surface area contributed by atoms with Crippen molar-refractivity contribution in [3.8, 4) is 17.1 Å². The van der Waals surface area contributed by atoms with Crippen LogP contribution in [0.5, 0.6) is 5.75 Å². The van der Waals surface area contributed by atoms with E-state index in [0.29, 0.717) is 35.2 Å². The number of hydrogen-bond acceptors (Lipinski definition) is 7. The molecule has 2 aromatic carbocycles. The number of carbonyl (C=O) groups is 1. The summed E-state index contributed by atoms with van der Waals surface area (Å²) in [4.78, 5) is 29.3. The van der Waals surface area contributed by atoms with Crippen LogP contribution in [0.4, 0.5) is 5.69 Å². The average Bonchev–Trinajstić information content (AvgIpc) is 3.27. The minimum absolute atomic E-state index is 0.00418. The van der Waals surface area contributed by atoms with Crippen molar-refractivity contribution in [3.05, 3.63) is 69.6 Å². The number of nitrogens with zero attached hydrogens (tertiary/aromatic N) is 4. The lowest BCUT2D eigenvalue weighted by Gasteiger charge is -2.28. The van der Waals surface area contributed by atoms with Gasteiger partial charge < -0.3 is 14.2 Å². The summed E-state index contributed by atoms with van der Waals surface area (Å²) in [6.07, 6.45) is 1.12. The number of rotatable bonds is 10. The fraction of sp³-hybridized carbons (Fsp3) is 0.318. The van der Waals surface area contributed by atoms with Crippen LogP contribution in [0.25, 0.3) is 11.4 Å². The summed E-state index contributed by atoms with van der Waals surface area (Å²) in [7, 11) is 0. The van der Waals surface area contributed by atoms with E-state index >= 15 is 0 Å². The monoisotopic (exact) mass is 458 g/mol. The molecule has 0 aliphatic carbocycles. The van der Waals surface area contributed by atoms with Crippen molar-refractivity contribution in [2.24, 2.45) is 0 Å². The highest BCUT2D eigenvalue weighted by Crippen LogP contribution is 2.22. The molecule has 10 heteroatoms. The molecule has 0 saturated carbocycles. The summed E-state index contributed by atoms with van der Waals surface area (Å²) in [6, 6.07) is 12.8. The molecule has 1 amide bonds. The number of aromatic nitrogens is 2. The van der Waals surface area contributed by atoms with Gasteiger partial charge in [-0.3, -0.25) is 14.9 Å². The molecule has 168 valence electrons. The van der Waals surface area contributed by atoms with Crippen LogP contribution in [-0.4, -0.2) is 45.1 Å². The third-order valence-electron chi connectivity index (χ3n) is 4.97. The Bertz CT molecular complexity index is 1070. The van der Waals surface area contributed by atoms with Crippen molar-refractivity contribution in [3.63, 3.8) is 0 Å². The number of benzene rings is 2. The maximum absolute atomic E-state index is 12.8. The second kappa shape index (κ2) is 10.7. The van der Waals surface area contributed by atoms with Crippen molar-refractivity contribution in [2.75, 3.05) is 13.2 Å². The first-order valence-corrected chi connectivity index (χ1v) is 10.5. The summed E-state index contributed by atoms with van der Waals surface area (Å²) in [6.45, 7) is 4.23. The van der Waals surface area contributed by atoms with Crippen LogP contribution >= 0.6 is 11.6 Å². The van der Waals surface area contributed by atoms with Crippen LogP contribution in [0.15, 0.2) is 53.1 Å². The van der Waals surface area contributed by atoms with Crippen LogP contribution < -0.4 is 4.74 Å². The number of ether oxygens (including phenoxy) is 1. The summed E-state index contributed by atoms with van der Waals surface area (Å²) >= 11 is 5.87. The standard InChI is InChI=1S/C22H23ClN4O5/c1-3-15(2)26(21(28)14-31-19-9-7-17(23)8-10-19)12-11-20-24-22(25-32-20)16-5-4-6-18(13-16)27(29)30/h4-10,13,15H,3,11-12,14H2,1-2H3/t15-/m0/s1. The van der Waals surface area contributed by atoms with Crippen molar-refractivity contribution in [1.29, 1.82) is 0 Å². The summed E-state index contributed by atoms with van der Waals surface area (Å²) in [5.41, 5.74) is 0.434. The summed E-state index contributed by atoms with van der Waals surface area (Å²) < 4.78 is 10.9. The van der Waals surface area contributed by atoms with Crippen LogP contribution in [0.3, 0.4) is 0 Å². The number of amides is 1. The highest BCUT2D eigenvalue weighted by molar-refractivity contribution is 6.30. The molecule has 0 fully saturated rings. The Hall–Kier alpha value is -3.46.